The van der Waals surface area contributed by atoms with Crippen LogP contribution in [0.25, 0.3) is 0 Å². The number of ether oxygens (including phenoxy) is 1. The minimum atomic E-state index is 0.130. The Kier molecular flexibility index (Phi) is 8.07. The van der Waals surface area contributed by atoms with Gasteiger partial charge in [-0.1, -0.05) is 20.3 Å². The smallest absolute Gasteiger partial charge is 0.222 e. The fourth-order valence-electron chi connectivity index (χ4n) is 2.53. The summed E-state index contributed by atoms with van der Waals surface area (Å²) in [5.74, 6) is 0.302. The molecule has 0 heterocycles. The first-order chi connectivity index (χ1) is 9.13. The number of hydrogen-bond acceptors (Lipinski definition) is 3. The SMILES string of the molecule is CCCC(C)C(=O)NCCCOC1CCC(N)CC1. The number of rotatable bonds is 8. The average molecular weight is 270 g/mol. The van der Waals surface area contributed by atoms with E-state index in [2.05, 4.69) is 12.2 Å². The highest BCUT2D eigenvalue weighted by molar-refractivity contribution is 5.78. The van der Waals surface area contributed by atoms with Crippen molar-refractivity contribution in [2.75, 3.05) is 13.2 Å². The predicted molar refractivity (Wildman–Crippen MR) is 77.9 cm³/mol. The van der Waals surface area contributed by atoms with E-state index < -0.39 is 0 Å². The molecule has 0 bridgehead atoms. The van der Waals surface area contributed by atoms with Gasteiger partial charge in [0.15, 0.2) is 0 Å². The van der Waals surface area contributed by atoms with E-state index in [9.17, 15) is 4.79 Å². The first kappa shape index (κ1) is 16.4. The summed E-state index contributed by atoms with van der Waals surface area (Å²) >= 11 is 0. The zero-order chi connectivity index (χ0) is 14.1. The molecular formula is C15H30N2O2. The summed E-state index contributed by atoms with van der Waals surface area (Å²) in [4.78, 5) is 11.7. The summed E-state index contributed by atoms with van der Waals surface area (Å²) in [7, 11) is 0. The molecule has 0 aromatic carbocycles. The maximum Gasteiger partial charge on any atom is 0.222 e. The molecule has 0 spiro atoms. The van der Waals surface area contributed by atoms with Crippen molar-refractivity contribution in [2.45, 2.75) is 70.9 Å². The Balaban J connectivity index is 1.97. The Hall–Kier alpha value is -0.610. The van der Waals surface area contributed by atoms with Gasteiger partial charge in [0.1, 0.15) is 0 Å². The Labute approximate surface area is 117 Å². The van der Waals surface area contributed by atoms with Crippen molar-refractivity contribution >= 4 is 5.91 Å². The van der Waals surface area contributed by atoms with Crippen LogP contribution in [0.2, 0.25) is 0 Å². The lowest BCUT2D eigenvalue weighted by molar-refractivity contribution is -0.124. The van der Waals surface area contributed by atoms with Crippen molar-refractivity contribution in [3.05, 3.63) is 0 Å². The van der Waals surface area contributed by atoms with E-state index in [1.165, 1.54) is 0 Å². The lowest BCUT2D eigenvalue weighted by Gasteiger charge is -2.26. The summed E-state index contributed by atoms with van der Waals surface area (Å²) in [6.07, 6.45) is 7.63. The molecule has 4 nitrogen and oxygen atoms in total. The van der Waals surface area contributed by atoms with Crippen LogP contribution in [0.15, 0.2) is 0 Å². The molecule has 1 fully saturated rings. The third-order valence-corrected chi connectivity index (χ3v) is 3.86. The standard InChI is InChI=1S/C15H30N2O2/c1-3-5-12(2)15(18)17-10-4-11-19-14-8-6-13(16)7-9-14/h12-14H,3-11,16H2,1-2H3,(H,17,18). The van der Waals surface area contributed by atoms with Gasteiger partial charge in [-0.3, -0.25) is 4.79 Å². The maximum atomic E-state index is 11.7. The second-order valence-electron chi connectivity index (χ2n) is 5.74. The number of hydrogen-bond donors (Lipinski definition) is 2. The molecular weight excluding hydrogens is 240 g/mol. The third kappa shape index (κ3) is 6.92. The number of amides is 1. The Bertz CT molecular complexity index is 251. The predicted octanol–water partition coefficient (Wildman–Crippen LogP) is 2.22. The Morgan fingerprint density at radius 2 is 2.05 bits per heavy atom. The van der Waals surface area contributed by atoms with E-state index in [0.717, 1.165) is 58.1 Å². The van der Waals surface area contributed by atoms with Gasteiger partial charge in [0, 0.05) is 25.1 Å². The third-order valence-electron chi connectivity index (χ3n) is 3.86. The van der Waals surface area contributed by atoms with E-state index in [4.69, 9.17) is 10.5 Å². The summed E-state index contributed by atoms with van der Waals surface area (Å²) in [6.45, 7) is 5.55. The fourth-order valence-corrected chi connectivity index (χ4v) is 2.53. The van der Waals surface area contributed by atoms with Crippen LogP contribution in [0.1, 0.15) is 58.8 Å². The van der Waals surface area contributed by atoms with Crippen molar-refractivity contribution in [3.8, 4) is 0 Å². The molecule has 0 aromatic rings. The van der Waals surface area contributed by atoms with E-state index in [1.54, 1.807) is 0 Å². The van der Waals surface area contributed by atoms with Crippen LogP contribution in [0, 0.1) is 5.92 Å². The molecule has 0 aromatic heterocycles. The fraction of sp³-hybridized carbons (Fsp3) is 0.933. The van der Waals surface area contributed by atoms with Gasteiger partial charge in [0.25, 0.3) is 0 Å². The quantitative estimate of drug-likeness (QED) is 0.665. The Morgan fingerprint density at radius 3 is 2.68 bits per heavy atom. The van der Waals surface area contributed by atoms with Gasteiger partial charge in [-0.05, 0) is 38.5 Å². The summed E-state index contributed by atoms with van der Waals surface area (Å²) in [6, 6.07) is 0.374. The van der Waals surface area contributed by atoms with E-state index in [0.29, 0.717) is 12.1 Å². The molecule has 112 valence electrons. The molecule has 3 N–H and O–H groups in total. The molecule has 19 heavy (non-hydrogen) atoms. The van der Waals surface area contributed by atoms with Gasteiger partial charge in [-0.25, -0.2) is 0 Å². The van der Waals surface area contributed by atoms with Gasteiger partial charge >= 0.3 is 0 Å². The van der Waals surface area contributed by atoms with E-state index in [1.807, 2.05) is 6.92 Å². The van der Waals surface area contributed by atoms with Gasteiger partial charge < -0.3 is 15.8 Å². The monoisotopic (exact) mass is 270 g/mol. The van der Waals surface area contributed by atoms with Crippen LogP contribution in [0.4, 0.5) is 0 Å². The molecule has 0 saturated heterocycles. The molecule has 0 radical (unpaired) electrons. The van der Waals surface area contributed by atoms with Crippen LogP contribution in [-0.4, -0.2) is 31.2 Å². The lowest BCUT2D eigenvalue weighted by atomic mass is 9.94. The van der Waals surface area contributed by atoms with Crippen LogP contribution < -0.4 is 11.1 Å². The zero-order valence-electron chi connectivity index (χ0n) is 12.5. The second kappa shape index (κ2) is 9.32. The van der Waals surface area contributed by atoms with Crippen molar-refractivity contribution in [1.29, 1.82) is 0 Å². The van der Waals surface area contributed by atoms with Crippen molar-refractivity contribution in [2.24, 2.45) is 11.7 Å². The molecule has 1 saturated carbocycles. The van der Waals surface area contributed by atoms with Crippen LogP contribution in [-0.2, 0) is 9.53 Å². The molecule has 1 amide bonds. The number of carbonyl (C=O) groups is 1. The van der Waals surface area contributed by atoms with Crippen LogP contribution >= 0.6 is 0 Å². The molecule has 1 unspecified atom stereocenters. The van der Waals surface area contributed by atoms with Gasteiger partial charge in [0.2, 0.25) is 5.91 Å². The summed E-state index contributed by atoms with van der Waals surface area (Å²) < 4.78 is 5.81. The first-order valence-corrected chi connectivity index (χ1v) is 7.78. The van der Waals surface area contributed by atoms with Gasteiger partial charge in [0.05, 0.1) is 6.10 Å². The van der Waals surface area contributed by atoms with E-state index in [-0.39, 0.29) is 11.8 Å². The largest absolute Gasteiger partial charge is 0.378 e. The van der Waals surface area contributed by atoms with Crippen LogP contribution in [0.3, 0.4) is 0 Å². The number of nitrogens with two attached hydrogens (primary N) is 1. The van der Waals surface area contributed by atoms with Crippen molar-refractivity contribution in [1.82, 2.24) is 5.32 Å². The zero-order valence-corrected chi connectivity index (χ0v) is 12.5. The van der Waals surface area contributed by atoms with E-state index >= 15 is 0 Å². The number of nitrogens with one attached hydrogen (secondary N) is 1. The van der Waals surface area contributed by atoms with Gasteiger partial charge in [-0.2, -0.15) is 0 Å². The van der Waals surface area contributed by atoms with Crippen LogP contribution in [0.5, 0.6) is 0 Å². The average Bonchev–Trinajstić information content (AvgIpc) is 2.40. The molecule has 1 atom stereocenters. The highest BCUT2D eigenvalue weighted by Crippen LogP contribution is 2.19. The minimum Gasteiger partial charge on any atom is -0.378 e. The summed E-state index contributed by atoms with van der Waals surface area (Å²) in [5, 5.41) is 2.97. The topological polar surface area (TPSA) is 64.3 Å². The molecule has 4 heteroatoms. The number of carbonyl (C=O) groups excluding carboxylic acids is 1. The van der Waals surface area contributed by atoms with Crippen molar-refractivity contribution < 1.29 is 9.53 Å². The normalized spacial score (nSPS) is 25.0. The van der Waals surface area contributed by atoms with Gasteiger partial charge in [-0.15, -0.1) is 0 Å². The maximum absolute atomic E-state index is 11.7. The van der Waals surface area contributed by atoms with Crippen molar-refractivity contribution in [3.63, 3.8) is 0 Å². The molecule has 0 aliphatic heterocycles. The molecule has 1 rings (SSSR count). The highest BCUT2D eigenvalue weighted by atomic mass is 16.5. The second-order valence-corrected chi connectivity index (χ2v) is 5.74. The molecule has 1 aliphatic carbocycles. The Morgan fingerprint density at radius 1 is 1.37 bits per heavy atom. The summed E-state index contributed by atoms with van der Waals surface area (Å²) in [5.41, 5.74) is 5.86. The lowest BCUT2D eigenvalue weighted by Crippen LogP contribution is -2.32. The minimum absolute atomic E-state index is 0.130. The highest BCUT2D eigenvalue weighted by Gasteiger charge is 2.18. The molecule has 1 aliphatic rings. The first-order valence-electron chi connectivity index (χ1n) is 7.78.